The number of benzene rings is 2. The van der Waals surface area contributed by atoms with Gasteiger partial charge in [-0.25, -0.2) is 0 Å². The fourth-order valence-electron chi connectivity index (χ4n) is 5.30. The molecule has 1 aliphatic rings. The maximum Gasteiger partial charge on any atom is 0.200 e. The number of methoxy groups -OCH3 is 3. The second-order valence-electron chi connectivity index (χ2n) is 10.2. The lowest BCUT2D eigenvalue weighted by Crippen LogP contribution is -2.37. The third-order valence-corrected chi connectivity index (χ3v) is 7.45. The predicted octanol–water partition coefficient (Wildman–Crippen LogP) is 3.30. The van der Waals surface area contributed by atoms with Gasteiger partial charge in [-0.05, 0) is 85.1 Å². The second-order valence-corrected chi connectivity index (χ2v) is 10.2. The zero-order chi connectivity index (χ0) is 29.9. The maximum atomic E-state index is 13.9. The molecular weight excluding hydrogens is 528 g/mol. The number of Topliss-reactive ketones (excluding diaryl/α,β-unsaturated/α-hetero) is 1. The number of rotatable bonds is 16. The summed E-state index contributed by atoms with van der Waals surface area (Å²) in [5.74, 6) is -0.849. The van der Waals surface area contributed by atoms with E-state index >= 15 is 0 Å². The second kappa shape index (κ2) is 15.2. The summed E-state index contributed by atoms with van der Waals surface area (Å²) >= 11 is 0. The summed E-state index contributed by atoms with van der Waals surface area (Å²) in [7, 11) is 4.49. The number of nitrogens with one attached hydrogen (secondary N) is 1. The molecule has 41 heavy (non-hydrogen) atoms. The van der Waals surface area contributed by atoms with Crippen LogP contribution in [-0.4, -0.2) is 66.8 Å². The van der Waals surface area contributed by atoms with E-state index in [0.29, 0.717) is 56.0 Å². The number of carbonyl (C=O) groups is 1. The molecular formula is C31H42N2O8. The third kappa shape index (κ3) is 8.55. The number of aromatic hydroxyl groups is 3. The average Bonchev–Trinajstić information content (AvgIpc) is 2.96. The van der Waals surface area contributed by atoms with Gasteiger partial charge in [0.15, 0.2) is 23.0 Å². The molecule has 0 aliphatic carbocycles. The Labute approximate surface area is 241 Å². The SMILES string of the molecule is COCCCC(C1=CCNC(N)=C1)C(C(=O)CCc1cc(O)c(O)c(OC)c1)C(O)CCc1ccc(O)c(OC)c1. The minimum absolute atomic E-state index is 0.0298. The van der Waals surface area contributed by atoms with E-state index in [0.717, 1.165) is 11.1 Å². The van der Waals surface area contributed by atoms with E-state index in [1.807, 2.05) is 12.2 Å². The topological polar surface area (TPSA) is 164 Å². The zero-order valence-corrected chi connectivity index (χ0v) is 23.9. The molecule has 0 bridgehead atoms. The van der Waals surface area contributed by atoms with E-state index < -0.39 is 12.0 Å². The molecule has 0 radical (unpaired) electrons. The first-order valence-electron chi connectivity index (χ1n) is 13.7. The molecule has 2 aromatic rings. The average molecular weight is 571 g/mol. The van der Waals surface area contributed by atoms with Gasteiger partial charge in [0.2, 0.25) is 5.75 Å². The van der Waals surface area contributed by atoms with Gasteiger partial charge in [0.25, 0.3) is 0 Å². The first kappa shape index (κ1) is 31.6. The van der Waals surface area contributed by atoms with E-state index in [1.165, 1.54) is 20.3 Å². The molecule has 3 atom stereocenters. The molecule has 10 nitrogen and oxygen atoms in total. The molecule has 0 fully saturated rings. The lowest BCUT2D eigenvalue weighted by atomic mass is 9.74. The summed E-state index contributed by atoms with van der Waals surface area (Å²) < 4.78 is 15.6. The Morgan fingerprint density at radius 3 is 2.39 bits per heavy atom. The fraction of sp³-hybridized carbons (Fsp3) is 0.452. The number of allylic oxidation sites excluding steroid dienone is 2. The molecule has 3 rings (SSSR count). The summed E-state index contributed by atoms with van der Waals surface area (Å²) in [5, 5.41) is 44.6. The van der Waals surface area contributed by atoms with Gasteiger partial charge in [0, 0.05) is 26.7 Å². The van der Waals surface area contributed by atoms with Gasteiger partial charge >= 0.3 is 0 Å². The number of ketones is 1. The van der Waals surface area contributed by atoms with Crippen LogP contribution in [0.5, 0.6) is 28.7 Å². The Hall–Kier alpha value is -3.89. The van der Waals surface area contributed by atoms with Crippen molar-refractivity contribution in [1.82, 2.24) is 5.32 Å². The van der Waals surface area contributed by atoms with Crippen LogP contribution in [0.3, 0.4) is 0 Å². The molecule has 10 heteroatoms. The fourth-order valence-corrected chi connectivity index (χ4v) is 5.30. The summed E-state index contributed by atoms with van der Waals surface area (Å²) in [4.78, 5) is 13.9. The van der Waals surface area contributed by atoms with Gasteiger partial charge < -0.3 is 45.7 Å². The first-order valence-corrected chi connectivity index (χ1v) is 13.7. The standard InChI is InChI=1S/C31H42N2O8/c1-39-14-4-5-22(21-12-13-33-29(32)18-21)30(24(35)10-7-19-6-9-23(34)27(16-19)40-2)25(36)11-8-20-15-26(37)31(38)28(17-20)41-3/h6,9,12,15-18,22,24,30,33-35,37-38H,4-5,7-8,10-11,13-14,32H2,1-3H3. The smallest absolute Gasteiger partial charge is 0.200 e. The number of ether oxygens (including phenoxy) is 3. The highest BCUT2D eigenvalue weighted by Gasteiger charge is 2.35. The van der Waals surface area contributed by atoms with Crippen LogP contribution in [0.4, 0.5) is 0 Å². The van der Waals surface area contributed by atoms with Crippen molar-refractivity contribution in [1.29, 1.82) is 0 Å². The van der Waals surface area contributed by atoms with Crippen molar-refractivity contribution in [2.24, 2.45) is 17.6 Å². The molecule has 1 heterocycles. The number of aryl methyl sites for hydroxylation is 2. The third-order valence-electron chi connectivity index (χ3n) is 7.45. The Morgan fingerprint density at radius 1 is 0.976 bits per heavy atom. The van der Waals surface area contributed by atoms with E-state index in [1.54, 1.807) is 31.4 Å². The Balaban J connectivity index is 1.89. The van der Waals surface area contributed by atoms with Crippen molar-refractivity contribution in [3.63, 3.8) is 0 Å². The Bertz CT molecular complexity index is 1240. The van der Waals surface area contributed by atoms with E-state index in [9.17, 15) is 25.2 Å². The largest absolute Gasteiger partial charge is 0.504 e. The van der Waals surface area contributed by atoms with Crippen LogP contribution in [0.15, 0.2) is 53.9 Å². The quantitative estimate of drug-likeness (QED) is 0.130. The number of aliphatic hydroxyl groups is 1. The van der Waals surface area contributed by atoms with Gasteiger partial charge in [-0.1, -0.05) is 12.1 Å². The molecule has 1 aliphatic heterocycles. The van der Waals surface area contributed by atoms with Crippen molar-refractivity contribution in [2.45, 2.75) is 44.6 Å². The Morgan fingerprint density at radius 2 is 1.71 bits per heavy atom. The van der Waals surface area contributed by atoms with Crippen molar-refractivity contribution in [3.8, 4) is 28.7 Å². The van der Waals surface area contributed by atoms with Crippen LogP contribution >= 0.6 is 0 Å². The molecule has 224 valence electrons. The van der Waals surface area contributed by atoms with E-state index in [2.05, 4.69) is 5.32 Å². The minimum atomic E-state index is -0.969. The van der Waals surface area contributed by atoms with Crippen LogP contribution in [-0.2, 0) is 22.4 Å². The molecule has 0 saturated heterocycles. The molecule has 7 N–H and O–H groups in total. The number of carbonyl (C=O) groups excluding carboxylic acids is 1. The zero-order valence-electron chi connectivity index (χ0n) is 23.9. The molecule has 0 amide bonds. The number of dihydropyridines is 1. The van der Waals surface area contributed by atoms with E-state index in [4.69, 9.17) is 19.9 Å². The number of hydrogen-bond donors (Lipinski definition) is 6. The monoisotopic (exact) mass is 570 g/mol. The number of aliphatic hydroxyl groups excluding tert-OH is 1. The van der Waals surface area contributed by atoms with E-state index in [-0.39, 0.29) is 47.5 Å². The van der Waals surface area contributed by atoms with Crippen molar-refractivity contribution in [2.75, 3.05) is 34.5 Å². The number of phenols is 3. The van der Waals surface area contributed by atoms with Crippen molar-refractivity contribution in [3.05, 3.63) is 65.0 Å². The highest BCUT2D eigenvalue weighted by atomic mass is 16.5. The summed E-state index contributed by atoms with van der Waals surface area (Å²) in [5.41, 5.74) is 8.46. The number of phenolic OH excluding ortho intramolecular Hbond substituents is 3. The van der Waals surface area contributed by atoms with Gasteiger partial charge in [0.05, 0.1) is 32.1 Å². The normalized spacial score (nSPS) is 15.2. The molecule has 3 unspecified atom stereocenters. The predicted molar refractivity (Wildman–Crippen MR) is 155 cm³/mol. The molecule has 2 aromatic carbocycles. The van der Waals surface area contributed by atoms with Crippen LogP contribution in [0.2, 0.25) is 0 Å². The summed E-state index contributed by atoms with van der Waals surface area (Å²) in [6, 6.07) is 8.02. The van der Waals surface area contributed by atoms with Crippen LogP contribution in [0, 0.1) is 11.8 Å². The van der Waals surface area contributed by atoms with Crippen molar-refractivity contribution >= 4 is 5.78 Å². The lowest BCUT2D eigenvalue weighted by Gasteiger charge is -2.32. The van der Waals surface area contributed by atoms with Gasteiger partial charge in [0.1, 0.15) is 5.78 Å². The number of hydrogen-bond acceptors (Lipinski definition) is 10. The van der Waals surface area contributed by atoms with Crippen LogP contribution in [0.25, 0.3) is 0 Å². The molecule has 0 aromatic heterocycles. The summed E-state index contributed by atoms with van der Waals surface area (Å²) in [6.45, 7) is 1.04. The van der Waals surface area contributed by atoms with Crippen LogP contribution < -0.4 is 20.5 Å². The van der Waals surface area contributed by atoms with Crippen LogP contribution in [0.1, 0.15) is 36.8 Å². The van der Waals surface area contributed by atoms with Gasteiger partial charge in [-0.2, -0.15) is 0 Å². The maximum absolute atomic E-state index is 13.9. The minimum Gasteiger partial charge on any atom is -0.504 e. The first-order chi connectivity index (χ1) is 19.7. The number of nitrogens with two attached hydrogens (primary N) is 1. The molecule has 0 spiro atoms. The Kier molecular flexibility index (Phi) is 11.7. The van der Waals surface area contributed by atoms with Crippen molar-refractivity contribution < 1.29 is 39.4 Å². The highest BCUT2D eigenvalue weighted by molar-refractivity contribution is 5.82. The summed E-state index contributed by atoms with van der Waals surface area (Å²) in [6.07, 6.45) is 5.31. The lowest BCUT2D eigenvalue weighted by molar-refractivity contribution is -0.128. The molecule has 0 saturated carbocycles. The highest BCUT2D eigenvalue weighted by Crippen LogP contribution is 2.38. The van der Waals surface area contributed by atoms with Gasteiger partial charge in [-0.3, -0.25) is 4.79 Å². The van der Waals surface area contributed by atoms with Gasteiger partial charge in [-0.15, -0.1) is 0 Å².